The highest BCUT2D eigenvalue weighted by Gasteiger charge is 1.97. The highest BCUT2D eigenvalue weighted by Crippen LogP contribution is 1.74. The Morgan fingerprint density at radius 1 is 1.62 bits per heavy atom. The van der Waals surface area contributed by atoms with Gasteiger partial charge in [0.15, 0.2) is 0 Å². The highest BCUT2D eigenvalue weighted by atomic mass is 16.5. The van der Waals surface area contributed by atoms with Gasteiger partial charge in [0.1, 0.15) is 6.61 Å². The number of carbonyl (C=O) groups excluding carboxylic acids is 1. The Morgan fingerprint density at radius 2 is 2.38 bits per heavy atom. The Kier molecular flexibility index (Phi) is 8.60. The summed E-state index contributed by atoms with van der Waals surface area (Å²) in [5.41, 5.74) is 0. The van der Waals surface area contributed by atoms with E-state index in [0.29, 0.717) is 13.2 Å². The van der Waals surface area contributed by atoms with E-state index in [1.54, 1.807) is 6.08 Å². The van der Waals surface area contributed by atoms with Crippen LogP contribution in [0.5, 0.6) is 0 Å². The molecular weight excluding hydrogens is 168 g/mol. The Balaban J connectivity index is 3.12. The molecule has 13 heavy (non-hydrogen) atoms. The summed E-state index contributed by atoms with van der Waals surface area (Å²) in [6, 6.07) is 0. The third-order valence-electron chi connectivity index (χ3n) is 1.35. The Hall–Kier alpha value is -0.870. The van der Waals surface area contributed by atoms with Crippen molar-refractivity contribution in [2.24, 2.45) is 0 Å². The van der Waals surface area contributed by atoms with Crippen molar-refractivity contribution in [3.8, 4) is 0 Å². The molecule has 4 nitrogen and oxygen atoms in total. The second-order valence-electron chi connectivity index (χ2n) is 2.50. The van der Waals surface area contributed by atoms with Crippen LogP contribution in [-0.4, -0.2) is 38.8 Å². The van der Waals surface area contributed by atoms with Crippen molar-refractivity contribution in [2.75, 3.05) is 32.8 Å². The number of rotatable bonds is 8. The molecule has 4 heteroatoms. The van der Waals surface area contributed by atoms with Gasteiger partial charge in [-0.15, -0.1) is 6.58 Å². The maximum Gasteiger partial charge on any atom is 0.246 e. The van der Waals surface area contributed by atoms with Gasteiger partial charge >= 0.3 is 0 Å². The van der Waals surface area contributed by atoms with Crippen LogP contribution in [-0.2, 0) is 9.53 Å². The Morgan fingerprint density at radius 3 is 3.00 bits per heavy atom. The highest BCUT2D eigenvalue weighted by molar-refractivity contribution is 5.77. The van der Waals surface area contributed by atoms with Gasteiger partial charge in [-0.2, -0.15) is 0 Å². The van der Waals surface area contributed by atoms with E-state index in [9.17, 15) is 4.79 Å². The first-order chi connectivity index (χ1) is 6.31. The number of hydrogen-bond donors (Lipinski definition) is 2. The van der Waals surface area contributed by atoms with Crippen LogP contribution in [0.3, 0.4) is 0 Å². The molecule has 0 fully saturated rings. The number of hydrogen-bond acceptors (Lipinski definition) is 3. The third kappa shape index (κ3) is 9.04. The minimum absolute atomic E-state index is 0.101. The molecule has 0 aliphatic carbocycles. The van der Waals surface area contributed by atoms with Crippen LogP contribution in [0.1, 0.15) is 6.92 Å². The third-order valence-corrected chi connectivity index (χ3v) is 1.35. The Bertz CT molecular complexity index is 149. The molecule has 0 aliphatic rings. The van der Waals surface area contributed by atoms with E-state index in [2.05, 4.69) is 17.2 Å². The smallest absolute Gasteiger partial charge is 0.246 e. The van der Waals surface area contributed by atoms with Crippen LogP contribution in [0.15, 0.2) is 12.7 Å². The molecule has 1 amide bonds. The van der Waals surface area contributed by atoms with Crippen LogP contribution in [0.25, 0.3) is 0 Å². The fraction of sp³-hybridized carbons (Fsp3) is 0.667. The molecule has 0 atom stereocenters. The minimum Gasteiger partial charge on any atom is -0.370 e. The zero-order valence-corrected chi connectivity index (χ0v) is 8.14. The number of nitrogens with one attached hydrogen (secondary N) is 2. The van der Waals surface area contributed by atoms with Gasteiger partial charge in [-0.1, -0.05) is 13.0 Å². The fourth-order valence-electron chi connectivity index (χ4n) is 0.723. The predicted octanol–water partition coefficient (Wildman–Crippen LogP) is -0.0853. The molecule has 0 aliphatic heterocycles. The van der Waals surface area contributed by atoms with Gasteiger partial charge < -0.3 is 15.4 Å². The van der Waals surface area contributed by atoms with Gasteiger partial charge in [-0.25, -0.2) is 0 Å². The van der Waals surface area contributed by atoms with Gasteiger partial charge in [0.05, 0.1) is 6.61 Å². The maximum absolute atomic E-state index is 10.9. The van der Waals surface area contributed by atoms with E-state index in [0.717, 1.165) is 13.1 Å². The van der Waals surface area contributed by atoms with E-state index in [1.807, 2.05) is 6.92 Å². The molecule has 0 aromatic rings. The van der Waals surface area contributed by atoms with Crippen molar-refractivity contribution < 1.29 is 9.53 Å². The Labute approximate surface area is 79.3 Å². The summed E-state index contributed by atoms with van der Waals surface area (Å²) in [6.07, 6.45) is 1.64. The van der Waals surface area contributed by atoms with Crippen molar-refractivity contribution in [3.05, 3.63) is 12.7 Å². The number of amides is 1. The van der Waals surface area contributed by atoms with Gasteiger partial charge in [-0.3, -0.25) is 4.79 Å². The van der Waals surface area contributed by atoms with Crippen molar-refractivity contribution in [3.63, 3.8) is 0 Å². The standard InChI is InChI=1S/C9H18N2O2/c1-3-5-11-9(12)8-13-7-6-10-4-2/h3,10H,1,4-8H2,2H3,(H,11,12). The minimum atomic E-state index is -0.101. The molecule has 0 saturated heterocycles. The lowest BCUT2D eigenvalue weighted by atomic mass is 10.5. The summed E-state index contributed by atoms with van der Waals surface area (Å²) in [6.45, 7) is 8.40. The van der Waals surface area contributed by atoms with Crippen molar-refractivity contribution >= 4 is 5.91 Å². The summed E-state index contributed by atoms with van der Waals surface area (Å²) < 4.78 is 5.09. The van der Waals surface area contributed by atoms with Crippen LogP contribution >= 0.6 is 0 Å². The molecule has 76 valence electrons. The summed E-state index contributed by atoms with van der Waals surface area (Å²) in [4.78, 5) is 10.9. The molecule has 0 spiro atoms. The molecular formula is C9H18N2O2. The largest absolute Gasteiger partial charge is 0.370 e. The van der Waals surface area contributed by atoms with Gasteiger partial charge in [-0.05, 0) is 6.54 Å². The number of carbonyl (C=O) groups is 1. The normalized spacial score (nSPS) is 9.62. The first kappa shape index (κ1) is 12.1. The monoisotopic (exact) mass is 186 g/mol. The zero-order chi connectivity index (χ0) is 9.94. The second kappa shape index (κ2) is 9.22. The maximum atomic E-state index is 10.9. The molecule has 0 saturated carbocycles. The molecule has 0 heterocycles. The number of likely N-dealkylation sites (N-methyl/N-ethyl adjacent to an activating group) is 1. The van der Waals surface area contributed by atoms with Crippen LogP contribution in [0.2, 0.25) is 0 Å². The molecule has 0 radical (unpaired) electrons. The number of ether oxygens (including phenoxy) is 1. The van der Waals surface area contributed by atoms with E-state index in [4.69, 9.17) is 4.74 Å². The van der Waals surface area contributed by atoms with Crippen LogP contribution in [0, 0.1) is 0 Å². The lowest BCUT2D eigenvalue weighted by molar-refractivity contribution is -0.125. The van der Waals surface area contributed by atoms with Crippen LogP contribution in [0.4, 0.5) is 0 Å². The van der Waals surface area contributed by atoms with E-state index in [-0.39, 0.29) is 12.5 Å². The summed E-state index contributed by atoms with van der Waals surface area (Å²) >= 11 is 0. The summed E-state index contributed by atoms with van der Waals surface area (Å²) in [7, 11) is 0. The average molecular weight is 186 g/mol. The lowest BCUT2D eigenvalue weighted by Crippen LogP contribution is -2.29. The molecule has 0 rings (SSSR count). The quantitative estimate of drug-likeness (QED) is 0.411. The summed E-state index contributed by atoms with van der Waals surface area (Å²) in [5, 5.41) is 5.71. The van der Waals surface area contributed by atoms with Crippen molar-refractivity contribution in [1.29, 1.82) is 0 Å². The molecule has 0 aromatic carbocycles. The predicted molar refractivity (Wildman–Crippen MR) is 52.6 cm³/mol. The molecule has 0 aromatic heterocycles. The van der Waals surface area contributed by atoms with Gasteiger partial charge in [0.2, 0.25) is 5.91 Å². The first-order valence-electron chi connectivity index (χ1n) is 4.47. The van der Waals surface area contributed by atoms with Crippen molar-refractivity contribution in [1.82, 2.24) is 10.6 Å². The van der Waals surface area contributed by atoms with Crippen molar-refractivity contribution in [2.45, 2.75) is 6.92 Å². The first-order valence-corrected chi connectivity index (χ1v) is 4.47. The zero-order valence-electron chi connectivity index (χ0n) is 8.14. The van der Waals surface area contributed by atoms with E-state index in [1.165, 1.54) is 0 Å². The van der Waals surface area contributed by atoms with E-state index < -0.39 is 0 Å². The van der Waals surface area contributed by atoms with Gasteiger partial charge in [0, 0.05) is 13.1 Å². The topological polar surface area (TPSA) is 50.4 Å². The average Bonchev–Trinajstić information content (AvgIpc) is 2.14. The lowest BCUT2D eigenvalue weighted by Gasteiger charge is -2.04. The molecule has 0 bridgehead atoms. The van der Waals surface area contributed by atoms with Gasteiger partial charge in [0.25, 0.3) is 0 Å². The van der Waals surface area contributed by atoms with E-state index >= 15 is 0 Å². The SMILES string of the molecule is C=CCNC(=O)COCCNCC. The molecule has 2 N–H and O–H groups in total. The van der Waals surface area contributed by atoms with Crippen LogP contribution < -0.4 is 10.6 Å². The fourth-order valence-corrected chi connectivity index (χ4v) is 0.723. The molecule has 0 unspecified atom stereocenters. The summed E-state index contributed by atoms with van der Waals surface area (Å²) in [5.74, 6) is -0.101. The second-order valence-corrected chi connectivity index (χ2v) is 2.50.